The molecule has 1 aromatic carbocycles. The molecular formula is C22H28FN3O4. The number of amides is 1. The Kier molecular flexibility index (Phi) is 6.94. The largest absolute Gasteiger partial charge is 0.484 e. The van der Waals surface area contributed by atoms with Crippen molar-refractivity contribution in [2.45, 2.75) is 44.4 Å². The summed E-state index contributed by atoms with van der Waals surface area (Å²) in [5.41, 5.74) is 0. The molecule has 1 aliphatic heterocycles. The fourth-order valence-electron chi connectivity index (χ4n) is 4.08. The third-order valence-electron chi connectivity index (χ3n) is 5.85. The first-order valence-corrected chi connectivity index (χ1v) is 10.7. The number of likely N-dealkylation sites (tertiary alicyclic amines) is 1. The molecule has 2 aliphatic rings. The van der Waals surface area contributed by atoms with E-state index < -0.39 is 0 Å². The highest BCUT2D eigenvalue weighted by Crippen LogP contribution is 2.27. The number of rotatable bonds is 9. The van der Waals surface area contributed by atoms with Crippen molar-refractivity contribution in [3.63, 3.8) is 0 Å². The van der Waals surface area contributed by atoms with Crippen molar-refractivity contribution in [3.05, 3.63) is 41.8 Å². The van der Waals surface area contributed by atoms with Crippen molar-refractivity contribution < 1.29 is 23.2 Å². The Labute approximate surface area is 175 Å². The number of ether oxygens (including phenoxy) is 2. The van der Waals surface area contributed by atoms with E-state index in [0.717, 1.165) is 13.0 Å². The summed E-state index contributed by atoms with van der Waals surface area (Å²) in [7, 11) is 0. The Morgan fingerprint density at radius 3 is 2.80 bits per heavy atom. The molecule has 1 saturated heterocycles. The van der Waals surface area contributed by atoms with Crippen molar-refractivity contribution in [3.8, 4) is 5.75 Å². The van der Waals surface area contributed by atoms with Gasteiger partial charge < -0.3 is 18.9 Å². The smallest absolute Gasteiger partial charge is 0.260 e. The third-order valence-corrected chi connectivity index (χ3v) is 5.85. The van der Waals surface area contributed by atoms with Gasteiger partial charge in [0, 0.05) is 26.1 Å². The lowest BCUT2D eigenvalue weighted by Crippen LogP contribution is -2.32. The third kappa shape index (κ3) is 5.56. The van der Waals surface area contributed by atoms with E-state index in [1.807, 2.05) is 0 Å². The second kappa shape index (κ2) is 10.0. The number of carbonyl (C=O) groups is 1. The van der Waals surface area contributed by atoms with Gasteiger partial charge in [-0.3, -0.25) is 4.79 Å². The van der Waals surface area contributed by atoms with Crippen LogP contribution in [0.4, 0.5) is 4.39 Å². The number of halogens is 1. The Balaban J connectivity index is 1.18. The Hall–Kier alpha value is -2.48. The van der Waals surface area contributed by atoms with E-state index in [-0.39, 0.29) is 24.2 Å². The van der Waals surface area contributed by atoms with Crippen LogP contribution in [0.3, 0.4) is 0 Å². The van der Waals surface area contributed by atoms with Crippen molar-refractivity contribution >= 4 is 5.91 Å². The van der Waals surface area contributed by atoms with E-state index in [1.165, 1.54) is 49.9 Å². The Bertz CT molecular complexity index is 820. The van der Waals surface area contributed by atoms with E-state index in [4.69, 9.17) is 14.0 Å². The Morgan fingerprint density at radius 1 is 1.20 bits per heavy atom. The fraction of sp³-hybridized carbons (Fsp3) is 0.591. The molecular weight excluding hydrogens is 389 g/mol. The summed E-state index contributed by atoms with van der Waals surface area (Å²) in [4.78, 5) is 18.6. The minimum absolute atomic E-state index is 0.0421. The molecule has 0 bridgehead atoms. The van der Waals surface area contributed by atoms with Crippen molar-refractivity contribution in [2.24, 2.45) is 5.92 Å². The maximum atomic E-state index is 12.9. The maximum Gasteiger partial charge on any atom is 0.260 e. The molecule has 2 fully saturated rings. The zero-order chi connectivity index (χ0) is 20.8. The molecule has 1 aliphatic carbocycles. The van der Waals surface area contributed by atoms with Crippen molar-refractivity contribution in [1.29, 1.82) is 0 Å². The molecule has 0 spiro atoms. The molecule has 162 valence electrons. The first kappa shape index (κ1) is 20.8. The van der Waals surface area contributed by atoms with Gasteiger partial charge in [0.25, 0.3) is 5.91 Å². The molecule has 8 heteroatoms. The van der Waals surface area contributed by atoms with Gasteiger partial charge in [0.15, 0.2) is 12.4 Å². The van der Waals surface area contributed by atoms with E-state index >= 15 is 0 Å². The van der Waals surface area contributed by atoms with E-state index in [9.17, 15) is 9.18 Å². The SMILES string of the molecule is O=C(COc1ccc(F)cc1)N1CC[C@H](c2nc(CCOCC3CCCC3)no2)C1. The number of aromatic nitrogens is 2. The van der Waals surface area contributed by atoms with Gasteiger partial charge in [-0.15, -0.1) is 0 Å². The van der Waals surface area contributed by atoms with Crippen LogP contribution in [0, 0.1) is 11.7 Å². The molecule has 0 radical (unpaired) electrons. The molecule has 0 unspecified atom stereocenters. The molecule has 2 aromatic rings. The fourth-order valence-corrected chi connectivity index (χ4v) is 4.08. The highest BCUT2D eigenvalue weighted by molar-refractivity contribution is 5.78. The zero-order valence-corrected chi connectivity index (χ0v) is 17.1. The number of hydrogen-bond acceptors (Lipinski definition) is 6. The summed E-state index contributed by atoms with van der Waals surface area (Å²) in [6.07, 6.45) is 6.61. The Morgan fingerprint density at radius 2 is 2.00 bits per heavy atom. The van der Waals surface area contributed by atoms with Crippen LogP contribution in [0.25, 0.3) is 0 Å². The standard InChI is InChI=1S/C22H28FN3O4/c23-18-5-7-19(8-6-18)29-15-21(27)26-11-9-17(13-26)22-24-20(25-30-22)10-12-28-14-16-3-1-2-4-16/h5-8,16-17H,1-4,9-15H2/t17-/m0/s1. The average Bonchev–Trinajstić information content (AvgIpc) is 3.52. The van der Waals surface area contributed by atoms with Crippen molar-refractivity contribution in [1.82, 2.24) is 15.0 Å². The van der Waals surface area contributed by atoms with Crippen LogP contribution in [-0.4, -0.2) is 53.9 Å². The zero-order valence-electron chi connectivity index (χ0n) is 17.1. The lowest BCUT2D eigenvalue weighted by atomic mass is 10.1. The molecule has 30 heavy (non-hydrogen) atoms. The number of nitrogens with zero attached hydrogens (tertiary/aromatic N) is 3. The van der Waals surface area contributed by atoms with E-state index in [2.05, 4.69) is 10.1 Å². The average molecular weight is 417 g/mol. The second-order valence-electron chi connectivity index (χ2n) is 8.09. The molecule has 0 N–H and O–H groups in total. The van der Waals surface area contributed by atoms with Crippen LogP contribution >= 0.6 is 0 Å². The van der Waals surface area contributed by atoms with Crippen molar-refractivity contribution in [2.75, 3.05) is 32.9 Å². The second-order valence-corrected chi connectivity index (χ2v) is 8.09. The summed E-state index contributed by atoms with van der Waals surface area (Å²) in [6.45, 7) is 2.51. The highest BCUT2D eigenvalue weighted by Gasteiger charge is 2.31. The van der Waals surface area contributed by atoms with Crippen LogP contribution in [0.2, 0.25) is 0 Å². The van der Waals surface area contributed by atoms with Gasteiger partial charge in [0.2, 0.25) is 5.89 Å². The van der Waals surface area contributed by atoms with Gasteiger partial charge >= 0.3 is 0 Å². The summed E-state index contributed by atoms with van der Waals surface area (Å²) in [6, 6.07) is 5.62. The predicted molar refractivity (Wildman–Crippen MR) is 107 cm³/mol. The number of benzene rings is 1. The summed E-state index contributed by atoms with van der Waals surface area (Å²) < 4.78 is 29.6. The van der Waals surface area contributed by atoms with Crippen LogP contribution in [0.1, 0.15) is 49.7 Å². The van der Waals surface area contributed by atoms with Gasteiger partial charge in [0.1, 0.15) is 11.6 Å². The monoisotopic (exact) mass is 417 g/mol. The van der Waals surface area contributed by atoms with Crippen LogP contribution in [0.15, 0.2) is 28.8 Å². The lowest BCUT2D eigenvalue weighted by Gasteiger charge is -2.16. The van der Waals surface area contributed by atoms with Crippen LogP contribution in [-0.2, 0) is 16.0 Å². The molecule has 1 aromatic heterocycles. The lowest BCUT2D eigenvalue weighted by molar-refractivity contribution is -0.132. The number of carbonyl (C=O) groups excluding carboxylic acids is 1. The summed E-state index contributed by atoms with van der Waals surface area (Å²) in [5.74, 6) is 2.01. The quantitative estimate of drug-likeness (QED) is 0.583. The van der Waals surface area contributed by atoms with Gasteiger partial charge in [-0.05, 0) is 49.4 Å². The molecule has 1 amide bonds. The highest BCUT2D eigenvalue weighted by atomic mass is 19.1. The maximum absolute atomic E-state index is 12.9. The van der Waals surface area contributed by atoms with E-state index in [1.54, 1.807) is 4.90 Å². The normalized spacial score (nSPS) is 19.5. The minimum Gasteiger partial charge on any atom is -0.484 e. The van der Waals surface area contributed by atoms with E-state index in [0.29, 0.717) is 49.5 Å². The first-order chi connectivity index (χ1) is 14.7. The predicted octanol–water partition coefficient (Wildman–Crippen LogP) is 3.35. The van der Waals surface area contributed by atoms with Gasteiger partial charge in [0.05, 0.1) is 12.5 Å². The van der Waals surface area contributed by atoms with Gasteiger partial charge in [-0.25, -0.2) is 4.39 Å². The van der Waals surface area contributed by atoms with Gasteiger partial charge in [-0.2, -0.15) is 4.98 Å². The summed E-state index contributed by atoms with van der Waals surface area (Å²) >= 11 is 0. The molecule has 1 atom stereocenters. The molecule has 7 nitrogen and oxygen atoms in total. The van der Waals surface area contributed by atoms with Crippen LogP contribution < -0.4 is 4.74 Å². The van der Waals surface area contributed by atoms with Crippen LogP contribution in [0.5, 0.6) is 5.75 Å². The topological polar surface area (TPSA) is 77.7 Å². The minimum atomic E-state index is -0.338. The summed E-state index contributed by atoms with van der Waals surface area (Å²) in [5, 5.41) is 4.06. The molecule has 1 saturated carbocycles. The number of hydrogen-bond donors (Lipinski definition) is 0. The first-order valence-electron chi connectivity index (χ1n) is 10.7. The molecule has 2 heterocycles. The molecule has 4 rings (SSSR count). The van der Waals surface area contributed by atoms with Gasteiger partial charge in [-0.1, -0.05) is 18.0 Å².